The summed E-state index contributed by atoms with van der Waals surface area (Å²) >= 11 is 0. The zero-order valence-electron chi connectivity index (χ0n) is 26.9. The number of nitrogens with one attached hydrogen (secondary N) is 3. The number of fused-ring (bicyclic) bond motifs is 4. The molecule has 2 aliphatic rings. The standard InChI is InChI=1S/C37H44N4O6/c1-26-14-16-31-21-30(26)23-38-35(43)32(17-15-27-9-4-2-5-10-27)39-36(44)33(40-37(45)47-25-29-11-6-3-7-12-29)22-34(42)41-19-8-13-28(24-41)18-20-46-31/h2-7,9-12,14,16,21,28,32-33H,8,13,15,17-20,22-25H2,1H3,(H,38,43)(H,39,44)(H,40,45)/t28-,32-,33-/m1/s1. The van der Waals surface area contributed by atoms with E-state index in [9.17, 15) is 19.2 Å². The predicted molar refractivity (Wildman–Crippen MR) is 177 cm³/mol. The van der Waals surface area contributed by atoms with Crippen molar-refractivity contribution in [2.75, 3.05) is 19.7 Å². The van der Waals surface area contributed by atoms with Crippen LogP contribution in [0, 0.1) is 12.8 Å². The van der Waals surface area contributed by atoms with Gasteiger partial charge in [-0.05, 0) is 79.3 Å². The molecule has 10 heteroatoms. The van der Waals surface area contributed by atoms with Gasteiger partial charge in [0.2, 0.25) is 17.7 Å². The monoisotopic (exact) mass is 640 g/mol. The van der Waals surface area contributed by atoms with E-state index in [0.29, 0.717) is 32.5 Å². The number of benzene rings is 3. The van der Waals surface area contributed by atoms with Crippen LogP contribution < -0.4 is 20.7 Å². The second-order valence-electron chi connectivity index (χ2n) is 12.3. The third-order valence-electron chi connectivity index (χ3n) is 8.84. The fourth-order valence-corrected chi connectivity index (χ4v) is 6.02. The van der Waals surface area contributed by atoms with Gasteiger partial charge in [0.15, 0.2) is 0 Å². The highest BCUT2D eigenvalue weighted by Crippen LogP contribution is 2.23. The van der Waals surface area contributed by atoms with E-state index < -0.39 is 24.1 Å². The van der Waals surface area contributed by atoms with Crippen LogP contribution in [0.3, 0.4) is 0 Å². The Morgan fingerprint density at radius 3 is 2.47 bits per heavy atom. The van der Waals surface area contributed by atoms with Crippen LogP contribution >= 0.6 is 0 Å². The van der Waals surface area contributed by atoms with Crippen molar-refractivity contribution in [1.82, 2.24) is 20.9 Å². The van der Waals surface area contributed by atoms with E-state index in [4.69, 9.17) is 9.47 Å². The molecule has 47 heavy (non-hydrogen) atoms. The minimum atomic E-state index is -1.24. The van der Waals surface area contributed by atoms with Crippen molar-refractivity contribution in [2.45, 2.75) is 70.7 Å². The van der Waals surface area contributed by atoms with Crippen LogP contribution in [0.1, 0.15) is 54.4 Å². The molecule has 0 spiro atoms. The van der Waals surface area contributed by atoms with Gasteiger partial charge >= 0.3 is 6.09 Å². The van der Waals surface area contributed by atoms with Crippen molar-refractivity contribution in [1.29, 1.82) is 0 Å². The second kappa shape index (κ2) is 16.6. The van der Waals surface area contributed by atoms with E-state index in [0.717, 1.165) is 47.3 Å². The number of aryl methyl sites for hydroxylation is 2. The van der Waals surface area contributed by atoms with E-state index >= 15 is 0 Å². The molecule has 0 radical (unpaired) electrons. The Hall–Kier alpha value is -4.86. The number of nitrogens with zero attached hydrogens (tertiary/aromatic N) is 1. The van der Waals surface area contributed by atoms with Gasteiger partial charge in [0.05, 0.1) is 13.0 Å². The van der Waals surface area contributed by atoms with Gasteiger partial charge in [0.25, 0.3) is 0 Å². The van der Waals surface area contributed by atoms with E-state index in [1.165, 1.54) is 0 Å². The Morgan fingerprint density at radius 1 is 0.957 bits per heavy atom. The van der Waals surface area contributed by atoms with Crippen molar-refractivity contribution in [3.8, 4) is 5.75 Å². The summed E-state index contributed by atoms with van der Waals surface area (Å²) < 4.78 is 11.5. The summed E-state index contributed by atoms with van der Waals surface area (Å²) in [6, 6.07) is 22.6. The first-order valence-corrected chi connectivity index (χ1v) is 16.4. The first-order valence-electron chi connectivity index (χ1n) is 16.4. The zero-order valence-corrected chi connectivity index (χ0v) is 26.9. The lowest BCUT2D eigenvalue weighted by Crippen LogP contribution is -2.55. The van der Waals surface area contributed by atoms with Crippen molar-refractivity contribution in [3.63, 3.8) is 0 Å². The molecule has 248 valence electrons. The van der Waals surface area contributed by atoms with Crippen LogP contribution in [0.4, 0.5) is 4.79 Å². The average Bonchev–Trinajstić information content (AvgIpc) is 3.09. The summed E-state index contributed by atoms with van der Waals surface area (Å²) in [4.78, 5) is 55.8. The summed E-state index contributed by atoms with van der Waals surface area (Å²) in [6.07, 6.45) is 2.38. The Bertz CT molecular complexity index is 1520. The Kier molecular flexibility index (Phi) is 11.9. The lowest BCUT2D eigenvalue weighted by Gasteiger charge is -2.34. The number of amides is 4. The first kappa shape index (κ1) is 33.5. The van der Waals surface area contributed by atoms with Crippen LogP contribution in [-0.4, -0.2) is 60.5 Å². The minimum Gasteiger partial charge on any atom is -0.494 e. The van der Waals surface area contributed by atoms with Crippen molar-refractivity contribution >= 4 is 23.8 Å². The number of carbonyl (C=O) groups is 4. The van der Waals surface area contributed by atoms with E-state index in [1.54, 1.807) is 4.90 Å². The zero-order chi connectivity index (χ0) is 33.0. The first-order chi connectivity index (χ1) is 22.8. The normalized spacial score (nSPS) is 20.9. The molecule has 10 nitrogen and oxygen atoms in total. The minimum absolute atomic E-state index is 0.00750. The smallest absolute Gasteiger partial charge is 0.408 e. The van der Waals surface area contributed by atoms with Crippen LogP contribution in [0.5, 0.6) is 5.75 Å². The third kappa shape index (κ3) is 10.1. The van der Waals surface area contributed by atoms with E-state index in [2.05, 4.69) is 16.0 Å². The number of carbonyl (C=O) groups excluding carboxylic acids is 4. The SMILES string of the molecule is Cc1ccc2cc1CNC(=O)[C@@H](CCc1ccccc1)NC(=O)[C@H](NC(=O)OCc1ccccc1)CC(=O)N1CCC[C@H](CCO2)C1. The molecule has 3 atom stereocenters. The molecule has 3 N–H and O–H groups in total. The molecule has 1 fully saturated rings. The molecular weight excluding hydrogens is 596 g/mol. The molecule has 3 aromatic carbocycles. The Morgan fingerprint density at radius 2 is 1.70 bits per heavy atom. The van der Waals surface area contributed by atoms with Gasteiger partial charge in [-0.25, -0.2) is 4.79 Å². The van der Waals surface area contributed by atoms with Crippen molar-refractivity contribution in [2.24, 2.45) is 5.92 Å². The Labute approximate surface area is 276 Å². The maximum absolute atomic E-state index is 13.9. The van der Waals surface area contributed by atoms with Crippen LogP contribution in [0.2, 0.25) is 0 Å². The summed E-state index contributed by atoms with van der Waals surface area (Å²) in [5, 5.41) is 8.45. The average molecular weight is 641 g/mol. The molecule has 0 aliphatic carbocycles. The maximum Gasteiger partial charge on any atom is 0.408 e. The molecule has 0 saturated carbocycles. The number of hydrogen-bond acceptors (Lipinski definition) is 6. The fraction of sp³-hybridized carbons (Fsp3) is 0.405. The predicted octanol–water partition coefficient (Wildman–Crippen LogP) is 4.44. The van der Waals surface area contributed by atoms with Crippen LogP contribution in [-0.2, 0) is 38.7 Å². The van der Waals surface area contributed by atoms with Gasteiger partial charge in [-0.2, -0.15) is 0 Å². The maximum atomic E-state index is 13.9. The molecule has 0 unspecified atom stereocenters. The lowest BCUT2D eigenvalue weighted by atomic mass is 9.94. The van der Waals surface area contributed by atoms with Gasteiger partial charge in [0.1, 0.15) is 24.4 Å². The third-order valence-corrected chi connectivity index (χ3v) is 8.84. The number of piperidine rings is 1. The van der Waals surface area contributed by atoms with Crippen LogP contribution in [0.15, 0.2) is 78.9 Å². The van der Waals surface area contributed by atoms with Crippen molar-refractivity contribution in [3.05, 3.63) is 101 Å². The molecule has 4 bridgehead atoms. The second-order valence-corrected chi connectivity index (χ2v) is 12.3. The molecule has 2 heterocycles. The van der Waals surface area contributed by atoms with E-state index in [1.807, 2.05) is 85.8 Å². The molecule has 5 rings (SSSR count). The molecule has 4 amide bonds. The van der Waals surface area contributed by atoms with Crippen LogP contribution in [0.25, 0.3) is 0 Å². The summed E-state index contributed by atoms with van der Waals surface area (Å²) in [7, 11) is 0. The molecule has 0 aromatic heterocycles. The number of hydrogen-bond donors (Lipinski definition) is 3. The highest BCUT2D eigenvalue weighted by molar-refractivity contribution is 5.94. The molecular formula is C37H44N4O6. The summed E-state index contributed by atoms with van der Waals surface area (Å²) in [6.45, 7) is 3.87. The van der Waals surface area contributed by atoms with Gasteiger partial charge in [-0.1, -0.05) is 66.7 Å². The molecule has 3 aromatic rings. The van der Waals surface area contributed by atoms with Gasteiger partial charge < -0.3 is 30.3 Å². The van der Waals surface area contributed by atoms with Gasteiger partial charge in [-0.15, -0.1) is 0 Å². The summed E-state index contributed by atoms with van der Waals surface area (Å²) in [5.74, 6) is -0.240. The summed E-state index contributed by atoms with van der Waals surface area (Å²) in [5.41, 5.74) is 3.73. The highest BCUT2D eigenvalue weighted by Gasteiger charge is 2.32. The van der Waals surface area contributed by atoms with E-state index in [-0.39, 0.29) is 37.3 Å². The fourth-order valence-electron chi connectivity index (χ4n) is 6.02. The van der Waals surface area contributed by atoms with Gasteiger partial charge in [-0.3, -0.25) is 14.4 Å². The Balaban J connectivity index is 1.37. The topological polar surface area (TPSA) is 126 Å². The quantitative estimate of drug-likeness (QED) is 0.366. The largest absolute Gasteiger partial charge is 0.494 e. The highest BCUT2D eigenvalue weighted by atomic mass is 16.5. The lowest BCUT2D eigenvalue weighted by molar-refractivity contribution is -0.137. The molecule has 1 saturated heterocycles. The number of alkyl carbamates (subject to hydrolysis) is 1. The van der Waals surface area contributed by atoms with Crippen molar-refractivity contribution < 1.29 is 28.7 Å². The molecule has 2 aliphatic heterocycles. The number of ether oxygens (including phenoxy) is 2. The van der Waals surface area contributed by atoms with Gasteiger partial charge in [0, 0.05) is 19.6 Å². The number of rotatable bonds is 6.